The largest absolute Gasteiger partial charge is 0.289 e. The number of allylic oxidation sites excluding steroid dienone is 3. The van der Waals surface area contributed by atoms with Crippen LogP contribution in [-0.4, -0.2) is 5.78 Å². The van der Waals surface area contributed by atoms with Crippen molar-refractivity contribution >= 4 is 34.6 Å². The lowest BCUT2D eigenvalue weighted by molar-refractivity contribution is -0.110. The number of carbonyl (C=O) groups is 1. The molecule has 1 aliphatic carbocycles. The first-order valence-corrected chi connectivity index (χ1v) is 8.49. The number of carbonyl (C=O) groups excluding carboxylic acids is 1. The molecule has 0 radical (unpaired) electrons. The van der Waals surface area contributed by atoms with Crippen LogP contribution in [0.4, 0.5) is 0 Å². The zero-order valence-electron chi connectivity index (χ0n) is 13.4. The van der Waals surface area contributed by atoms with Crippen LogP contribution >= 0.6 is 11.6 Å². The van der Waals surface area contributed by atoms with Crippen LogP contribution in [0.1, 0.15) is 16.7 Å². The molecule has 0 spiro atoms. The molecular weight excluding hydrogens is 328 g/mol. The SMILES string of the molecule is O=C1C(c2ccccc2)=C(c2ccccc2)/C1=C/c1ccc(Cl)cc1. The summed E-state index contributed by atoms with van der Waals surface area (Å²) in [7, 11) is 0. The highest BCUT2D eigenvalue weighted by Gasteiger charge is 2.34. The fourth-order valence-corrected chi connectivity index (χ4v) is 3.21. The highest BCUT2D eigenvalue weighted by molar-refractivity contribution is 6.51. The number of rotatable bonds is 3. The van der Waals surface area contributed by atoms with E-state index in [1.807, 2.05) is 91.0 Å². The van der Waals surface area contributed by atoms with Crippen molar-refractivity contribution in [1.29, 1.82) is 0 Å². The molecule has 0 N–H and O–H groups in total. The van der Waals surface area contributed by atoms with Gasteiger partial charge in [-0.1, -0.05) is 84.4 Å². The van der Waals surface area contributed by atoms with E-state index in [9.17, 15) is 4.79 Å². The summed E-state index contributed by atoms with van der Waals surface area (Å²) in [5.74, 6) is 0.0833. The molecule has 3 aromatic rings. The van der Waals surface area contributed by atoms with E-state index in [0.29, 0.717) is 5.02 Å². The van der Waals surface area contributed by atoms with E-state index in [2.05, 4.69) is 0 Å². The summed E-state index contributed by atoms with van der Waals surface area (Å²) in [5, 5.41) is 0.686. The van der Waals surface area contributed by atoms with Gasteiger partial charge in [0.1, 0.15) is 0 Å². The molecule has 0 heterocycles. The molecule has 0 aliphatic heterocycles. The van der Waals surface area contributed by atoms with Gasteiger partial charge in [0.15, 0.2) is 5.78 Å². The van der Waals surface area contributed by atoms with Gasteiger partial charge in [0, 0.05) is 21.7 Å². The number of ketones is 1. The van der Waals surface area contributed by atoms with E-state index in [0.717, 1.165) is 33.4 Å². The molecule has 3 aromatic carbocycles. The molecule has 0 atom stereocenters. The van der Waals surface area contributed by atoms with Gasteiger partial charge in [-0.25, -0.2) is 0 Å². The van der Waals surface area contributed by atoms with Gasteiger partial charge in [0.25, 0.3) is 0 Å². The number of hydrogen-bond donors (Lipinski definition) is 0. The zero-order valence-corrected chi connectivity index (χ0v) is 14.2. The van der Waals surface area contributed by atoms with Crippen LogP contribution in [0, 0.1) is 0 Å². The highest BCUT2D eigenvalue weighted by Crippen LogP contribution is 2.44. The third kappa shape index (κ3) is 2.95. The van der Waals surface area contributed by atoms with E-state index >= 15 is 0 Å². The number of halogens is 1. The Bertz CT molecular complexity index is 981. The first-order chi connectivity index (χ1) is 12.2. The standard InChI is InChI=1S/C23H15ClO/c24-19-13-11-16(12-14-19)15-20-21(17-7-3-1-4-8-17)22(23(20)25)18-9-5-2-6-10-18/h1-15H/b20-15-. The van der Waals surface area contributed by atoms with Crippen molar-refractivity contribution in [2.75, 3.05) is 0 Å². The fourth-order valence-electron chi connectivity index (χ4n) is 3.08. The van der Waals surface area contributed by atoms with Crippen LogP contribution in [0.5, 0.6) is 0 Å². The van der Waals surface area contributed by atoms with Crippen molar-refractivity contribution in [1.82, 2.24) is 0 Å². The maximum atomic E-state index is 12.9. The second kappa shape index (κ2) is 6.54. The maximum absolute atomic E-state index is 12.9. The minimum absolute atomic E-state index is 0.0833. The number of Topliss-reactive ketones (excluding diaryl/α,β-unsaturated/α-hetero) is 1. The van der Waals surface area contributed by atoms with Crippen LogP contribution in [0.15, 0.2) is 90.5 Å². The second-order valence-corrected chi connectivity index (χ2v) is 6.36. The van der Waals surface area contributed by atoms with Crippen molar-refractivity contribution in [3.8, 4) is 0 Å². The van der Waals surface area contributed by atoms with Crippen molar-refractivity contribution in [3.63, 3.8) is 0 Å². The molecule has 4 rings (SSSR count). The van der Waals surface area contributed by atoms with E-state index in [4.69, 9.17) is 11.6 Å². The third-order valence-electron chi connectivity index (χ3n) is 4.30. The summed E-state index contributed by atoms with van der Waals surface area (Å²) in [6.45, 7) is 0. The number of benzene rings is 3. The summed E-state index contributed by atoms with van der Waals surface area (Å²) in [6, 6.07) is 27.4. The molecule has 0 fully saturated rings. The summed E-state index contributed by atoms with van der Waals surface area (Å²) in [6.07, 6.45) is 1.94. The van der Waals surface area contributed by atoms with Crippen molar-refractivity contribution < 1.29 is 4.79 Å². The molecule has 0 amide bonds. The lowest BCUT2D eigenvalue weighted by atomic mass is 9.74. The predicted octanol–water partition coefficient (Wildman–Crippen LogP) is 5.92. The van der Waals surface area contributed by atoms with E-state index in [-0.39, 0.29) is 5.78 Å². The minimum Gasteiger partial charge on any atom is -0.289 e. The van der Waals surface area contributed by atoms with Crippen LogP contribution in [0.2, 0.25) is 5.02 Å². The predicted molar refractivity (Wildman–Crippen MR) is 104 cm³/mol. The van der Waals surface area contributed by atoms with E-state index in [1.54, 1.807) is 0 Å². The molecule has 0 unspecified atom stereocenters. The minimum atomic E-state index is 0.0833. The quantitative estimate of drug-likeness (QED) is 0.540. The first kappa shape index (κ1) is 15.6. The third-order valence-corrected chi connectivity index (χ3v) is 4.55. The molecule has 0 saturated carbocycles. The molecule has 1 nitrogen and oxygen atoms in total. The van der Waals surface area contributed by atoms with Gasteiger partial charge in [-0.2, -0.15) is 0 Å². The van der Waals surface area contributed by atoms with Crippen molar-refractivity contribution in [2.45, 2.75) is 0 Å². The maximum Gasteiger partial charge on any atom is 0.194 e. The van der Waals surface area contributed by atoms with E-state index < -0.39 is 0 Å². The Hall–Kier alpha value is -2.90. The Morgan fingerprint density at radius 1 is 0.640 bits per heavy atom. The Balaban J connectivity index is 1.87. The molecule has 1 aliphatic rings. The lowest BCUT2D eigenvalue weighted by Gasteiger charge is -2.27. The Morgan fingerprint density at radius 3 is 1.72 bits per heavy atom. The van der Waals surface area contributed by atoms with Crippen molar-refractivity contribution in [2.24, 2.45) is 0 Å². The molecule has 0 aromatic heterocycles. The average Bonchev–Trinajstić information content (AvgIpc) is 2.66. The highest BCUT2D eigenvalue weighted by atomic mass is 35.5. The molecule has 120 valence electrons. The fraction of sp³-hybridized carbons (Fsp3) is 0. The number of hydrogen-bond acceptors (Lipinski definition) is 1. The summed E-state index contributed by atoms with van der Waals surface area (Å²) in [4.78, 5) is 12.9. The monoisotopic (exact) mass is 342 g/mol. The van der Waals surface area contributed by atoms with Gasteiger partial charge < -0.3 is 0 Å². The molecule has 25 heavy (non-hydrogen) atoms. The van der Waals surface area contributed by atoms with Gasteiger partial charge in [0.05, 0.1) is 0 Å². The molecule has 0 saturated heterocycles. The van der Waals surface area contributed by atoms with Crippen LogP contribution in [-0.2, 0) is 4.79 Å². The normalized spacial score (nSPS) is 15.4. The van der Waals surface area contributed by atoms with Crippen molar-refractivity contribution in [3.05, 3.63) is 112 Å². The van der Waals surface area contributed by atoms with Gasteiger partial charge >= 0.3 is 0 Å². The van der Waals surface area contributed by atoms with Gasteiger partial charge in [-0.05, 0) is 34.9 Å². The smallest absolute Gasteiger partial charge is 0.194 e. The Morgan fingerprint density at radius 2 is 1.16 bits per heavy atom. The molecular formula is C23H15ClO. The summed E-state index contributed by atoms with van der Waals surface area (Å²) in [5.41, 5.74) is 5.51. The summed E-state index contributed by atoms with van der Waals surface area (Å²) >= 11 is 5.96. The Kier molecular flexibility index (Phi) is 4.09. The van der Waals surface area contributed by atoms with Gasteiger partial charge in [-0.15, -0.1) is 0 Å². The lowest BCUT2D eigenvalue weighted by Crippen LogP contribution is -2.20. The van der Waals surface area contributed by atoms with Gasteiger partial charge in [0.2, 0.25) is 0 Å². The Labute approximate surface area is 151 Å². The van der Waals surface area contributed by atoms with Crippen LogP contribution in [0.3, 0.4) is 0 Å². The molecule has 2 heteroatoms. The molecule has 0 bridgehead atoms. The average molecular weight is 343 g/mol. The zero-order chi connectivity index (χ0) is 17.2. The first-order valence-electron chi connectivity index (χ1n) is 8.11. The van der Waals surface area contributed by atoms with Crippen LogP contribution in [0.25, 0.3) is 17.2 Å². The van der Waals surface area contributed by atoms with Crippen LogP contribution < -0.4 is 0 Å². The van der Waals surface area contributed by atoms with E-state index in [1.165, 1.54) is 0 Å². The topological polar surface area (TPSA) is 17.1 Å². The van der Waals surface area contributed by atoms with Gasteiger partial charge in [-0.3, -0.25) is 4.79 Å². The summed E-state index contributed by atoms with van der Waals surface area (Å²) < 4.78 is 0. The second-order valence-electron chi connectivity index (χ2n) is 5.92.